The predicted molar refractivity (Wildman–Crippen MR) is 133 cm³/mol. The largest absolute Gasteiger partial charge is 0.469 e. The normalized spacial score (nSPS) is 23.5. The van der Waals surface area contributed by atoms with Crippen LogP contribution in [0.25, 0.3) is 0 Å². The zero-order valence-corrected chi connectivity index (χ0v) is 19.9. The van der Waals surface area contributed by atoms with E-state index in [4.69, 9.17) is 9.41 Å². The van der Waals surface area contributed by atoms with E-state index < -0.39 is 0 Å². The van der Waals surface area contributed by atoms with E-state index in [1.165, 1.54) is 50.8 Å². The third-order valence-corrected chi connectivity index (χ3v) is 7.49. The minimum absolute atomic E-state index is 0.505. The molecule has 178 valence electrons. The smallest absolute Gasteiger partial charge is 0.194 e. The molecule has 1 N–H and O–H groups in total. The quantitative estimate of drug-likeness (QED) is 0.517. The van der Waals surface area contributed by atoms with Crippen LogP contribution >= 0.6 is 0 Å². The SMILES string of the molecule is c1ccc(CN2CCC(NC(=NCCc3ccco3)N3CCC(N4CCCC4)C3)CC2)cc1. The Kier molecular flexibility index (Phi) is 7.64. The van der Waals surface area contributed by atoms with Crippen LogP contribution in [0.15, 0.2) is 58.1 Å². The molecule has 0 aliphatic carbocycles. The first-order valence-corrected chi connectivity index (χ1v) is 12.9. The number of nitrogens with zero attached hydrogens (tertiary/aromatic N) is 4. The Balaban J connectivity index is 1.16. The molecular weight excluding hydrogens is 410 g/mol. The van der Waals surface area contributed by atoms with Crippen LogP contribution in [-0.2, 0) is 13.0 Å². The highest BCUT2D eigenvalue weighted by Crippen LogP contribution is 2.21. The van der Waals surface area contributed by atoms with Crippen LogP contribution in [0.4, 0.5) is 0 Å². The van der Waals surface area contributed by atoms with Gasteiger partial charge in [-0.15, -0.1) is 0 Å². The summed E-state index contributed by atoms with van der Waals surface area (Å²) in [5, 5.41) is 3.87. The van der Waals surface area contributed by atoms with Gasteiger partial charge in [0.15, 0.2) is 5.96 Å². The Morgan fingerprint density at radius 1 is 0.939 bits per heavy atom. The number of hydrogen-bond acceptors (Lipinski definition) is 4. The van der Waals surface area contributed by atoms with Crippen molar-refractivity contribution in [3.05, 3.63) is 60.1 Å². The van der Waals surface area contributed by atoms with Gasteiger partial charge in [0.2, 0.25) is 0 Å². The summed E-state index contributed by atoms with van der Waals surface area (Å²) < 4.78 is 5.52. The molecule has 0 bridgehead atoms. The standard InChI is InChI=1S/C27H39N5O/c1-2-7-23(8-3-1)21-30-17-11-24(12-18-30)29-27(28-14-10-26-9-6-20-33-26)32-19-13-25(22-32)31-15-4-5-16-31/h1-3,6-9,20,24-25H,4-5,10-19,21-22H2,(H,28,29). The summed E-state index contributed by atoms with van der Waals surface area (Å²) in [6.45, 7) is 8.88. The summed E-state index contributed by atoms with van der Waals surface area (Å²) in [5.41, 5.74) is 1.41. The van der Waals surface area contributed by atoms with Gasteiger partial charge in [-0.2, -0.15) is 0 Å². The van der Waals surface area contributed by atoms with Crippen LogP contribution in [0, 0.1) is 0 Å². The number of benzene rings is 1. The molecule has 6 heteroatoms. The minimum Gasteiger partial charge on any atom is -0.469 e. The number of hydrogen-bond donors (Lipinski definition) is 1. The molecule has 0 saturated carbocycles. The van der Waals surface area contributed by atoms with Crippen molar-refractivity contribution < 1.29 is 4.42 Å². The second kappa shape index (κ2) is 11.2. The van der Waals surface area contributed by atoms with Gasteiger partial charge in [-0.3, -0.25) is 14.8 Å². The average Bonchev–Trinajstić information content (AvgIpc) is 3.63. The molecule has 1 aromatic heterocycles. The van der Waals surface area contributed by atoms with E-state index in [9.17, 15) is 0 Å². The summed E-state index contributed by atoms with van der Waals surface area (Å²) in [6, 6.07) is 16.0. The summed E-state index contributed by atoms with van der Waals surface area (Å²) in [6.07, 6.45) is 8.94. The van der Waals surface area contributed by atoms with Crippen LogP contribution in [0.5, 0.6) is 0 Å². The van der Waals surface area contributed by atoms with E-state index in [-0.39, 0.29) is 0 Å². The third kappa shape index (κ3) is 6.18. The molecule has 1 unspecified atom stereocenters. The maximum Gasteiger partial charge on any atom is 0.194 e. The van der Waals surface area contributed by atoms with Crippen LogP contribution in [0.1, 0.15) is 43.4 Å². The van der Waals surface area contributed by atoms with Crippen molar-refractivity contribution in [1.29, 1.82) is 0 Å². The maximum absolute atomic E-state index is 5.52. The van der Waals surface area contributed by atoms with Crippen molar-refractivity contribution in [3.63, 3.8) is 0 Å². The lowest BCUT2D eigenvalue weighted by Crippen LogP contribution is -2.50. The summed E-state index contributed by atoms with van der Waals surface area (Å²) in [7, 11) is 0. The number of piperidine rings is 1. The molecule has 0 amide bonds. The Labute approximate surface area is 198 Å². The van der Waals surface area contributed by atoms with Crippen LogP contribution in [0.3, 0.4) is 0 Å². The van der Waals surface area contributed by atoms with E-state index in [1.807, 2.05) is 12.1 Å². The molecule has 5 rings (SSSR count). The first-order chi connectivity index (χ1) is 16.3. The fourth-order valence-electron chi connectivity index (χ4n) is 5.56. The number of likely N-dealkylation sites (tertiary alicyclic amines) is 3. The molecule has 3 saturated heterocycles. The molecule has 0 radical (unpaired) electrons. The summed E-state index contributed by atoms with van der Waals surface area (Å²) in [4.78, 5) is 12.9. The van der Waals surface area contributed by atoms with Gasteiger partial charge in [-0.1, -0.05) is 30.3 Å². The molecule has 33 heavy (non-hydrogen) atoms. The second-order valence-corrected chi connectivity index (χ2v) is 9.85. The van der Waals surface area contributed by atoms with Gasteiger partial charge in [0.25, 0.3) is 0 Å². The molecule has 0 spiro atoms. The van der Waals surface area contributed by atoms with E-state index in [0.29, 0.717) is 12.1 Å². The lowest BCUT2D eigenvalue weighted by Gasteiger charge is -2.34. The minimum atomic E-state index is 0.505. The summed E-state index contributed by atoms with van der Waals surface area (Å²) >= 11 is 0. The highest BCUT2D eigenvalue weighted by molar-refractivity contribution is 5.80. The zero-order valence-electron chi connectivity index (χ0n) is 19.9. The molecule has 3 aliphatic heterocycles. The fraction of sp³-hybridized carbons (Fsp3) is 0.593. The van der Waals surface area contributed by atoms with Crippen molar-refractivity contribution in [2.75, 3.05) is 45.8 Å². The molecular formula is C27H39N5O. The average molecular weight is 450 g/mol. The van der Waals surface area contributed by atoms with E-state index in [1.54, 1.807) is 6.26 Å². The second-order valence-electron chi connectivity index (χ2n) is 9.85. The number of rotatable bonds is 7. The number of guanidine groups is 1. The molecule has 2 aromatic rings. The first kappa shape index (κ1) is 22.5. The molecule has 3 fully saturated rings. The predicted octanol–water partition coefficient (Wildman–Crippen LogP) is 3.60. The molecule has 1 atom stereocenters. The summed E-state index contributed by atoms with van der Waals surface area (Å²) in [5.74, 6) is 2.13. The fourth-order valence-corrected chi connectivity index (χ4v) is 5.56. The molecule has 4 heterocycles. The molecule has 6 nitrogen and oxygen atoms in total. The Bertz CT molecular complexity index is 854. The van der Waals surface area contributed by atoms with Gasteiger partial charge >= 0.3 is 0 Å². The Morgan fingerprint density at radius 2 is 1.76 bits per heavy atom. The number of aliphatic imine (C=N–C) groups is 1. The molecule has 1 aromatic carbocycles. The van der Waals surface area contributed by atoms with Crippen LogP contribution in [-0.4, -0.2) is 78.6 Å². The number of furan rings is 1. The first-order valence-electron chi connectivity index (χ1n) is 12.9. The monoisotopic (exact) mass is 449 g/mol. The Hall–Kier alpha value is -2.31. The van der Waals surface area contributed by atoms with Crippen molar-refractivity contribution in [3.8, 4) is 0 Å². The van der Waals surface area contributed by atoms with Gasteiger partial charge < -0.3 is 14.6 Å². The highest BCUT2D eigenvalue weighted by Gasteiger charge is 2.32. The Morgan fingerprint density at radius 3 is 2.52 bits per heavy atom. The van der Waals surface area contributed by atoms with Gasteiger partial charge in [0.1, 0.15) is 5.76 Å². The van der Waals surface area contributed by atoms with E-state index >= 15 is 0 Å². The maximum atomic E-state index is 5.52. The van der Waals surface area contributed by atoms with Gasteiger partial charge in [-0.05, 0) is 62.9 Å². The van der Waals surface area contributed by atoms with Gasteiger partial charge in [0.05, 0.1) is 6.26 Å². The topological polar surface area (TPSA) is 47.2 Å². The van der Waals surface area contributed by atoms with Crippen molar-refractivity contribution in [2.24, 2.45) is 4.99 Å². The molecule has 3 aliphatic rings. The van der Waals surface area contributed by atoms with Gasteiger partial charge in [-0.25, -0.2) is 0 Å². The highest BCUT2D eigenvalue weighted by atomic mass is 16.3. The van der Waals surface area contributed by atoms with Crippen LogP contribution < -0.4 is 5.32 Å². The third-order valence-electron chi connectivity index (χ3n) is 7.49. The van der Waals surface area contributed by atoms with Crippen molar-refractivity contribution >= 4 is 5.96 Å². The van der Waals surface area contributed by atoms with Gasteiger partial charge in [0, 0.05) is 57.8 Å². The zero-order chi connectivity index (χ0) is 22.3. The van der Waals surface area contributed by atoms with E-state index in [0.717, 1.165) is 57.4 Å². The lowest BCUT2D eigenvalue weighted by atomic mass is 10.0. The van der Waals surface area contributed by atoms with Crippen molar-refractivity contribution in [1.82, 2.24) is 20.0 Å². The van der Waals surface area contributed by atoms with E-state index in [2.05, 4.69) is 50.3 Å². The van der Waals surface area contributed by atoms with Crippen LogP contribution in [0.2, 0.25) is 0 Å². The van der Waals surface area contributed by atoms with Crippen molar-refractivity contribution in [2.45, 2.75) is 57.2 Å². The lowest BCUT2D eigenvalue weighted by molar-refractivity contribution is 0.196. The number of nitrogens with one attached hydrogen (secondary N) is 1.